The van der Waals surface area contributed by atoms with Gasteiger partial charge in [-0.05, 0) is 36.5 Å². The third-order valence-electron chi connectivity index (χ3n) is 3.17. The van der Waals surface area contributed by atoms with E-state index in [-0.39, 0.29) is 0 Å². The zero-order valence-electron chi connectivity index (χ0n) is 11.8. The largest absolute Gasteiger partial charge is 0.148 e. The Hall–Kier alpha value is -0.655. The van der Waals surface area contributed by atoms with Gasteiger partial charge < -0.3 is 0 Å². The lowest BCUT2D eigenvalue weighted by molar-refractivity contribution is 0.782. The number of hydrogen-bond acceptors (Lipinski definition) is 0. The monoisotopic (exact) mass is 293 g/mol. The molecule has 0 unspecified atom stereocenters. The third-order valence-corrected chi connectivity index (χ3v) is 3.85. The maximum atomic E-state index is 6.28. The number of benzene rings is 1. The first kappa shape index (κ1) is 16.4. The van der Waals surface area contributed by atoms with Gasteiger partial charge in [0.05, 0.1) is 0 Å². The molecule has 0 saturated carbocycles. The number of allylic oxidation sites excluding steroid dienone is 3. The molecule has 0 bridgehead atoms. The first-order valence-corrected chi connectivity index (χ1v) is 7.35. The van der Waals surface area contributed by atoms with Crippen molar-refractivity contribution in [2.45, 2.75) is 33.5 Å². The summed E-state index contributed by atoms with van der Waals surface area (Å²) in [7, 11) is 2.00. The predicted molar refractivity (Wildman–Crippen MR) is 89.2 cm³/mol. The van der Waals surface area contributed by atoms with E-state index in [1.54, 1.807) is 0 Å². The summed E-state index contributed by atoms with van der Waals surface area (Å²) in [5.41, 5.74) is 3.35. The van der Waals surface area contributed by atoms with E-state index in [1.807, 2.05) is 32.3 Å². The van der Waals surface area contributed by atoms with Crippen molar-refractivity contribution >= 4 is 35.9 Å². The van der Waals surface area contributed by atoms with Gasteiger partial charge in [0.25, 0.3) is 0 Å². The first-order chi connectivity index (χ1) is 8.99. The smallest absolute Gasteiger partial charge is 0.0988 e. The van der Waals surface area contributed by atoms with Crippen LogP contribution in [0.5, 0.6) is 0 Å². The second-order valence-electron chi connectivity index (χ2n) is 4.85. The van der Waals surface area contributed by atoms with Gasteiger partial charge in [-0.3, -0.25) is 0 Å². The summed E-state index contributed by atoms with van der Waals surface area (Å²) in [4.78, 5) is 0. The molecule has 0 aliphatic carbocycles. The lowest BCUT2D eigenvalue weighted by Crippen LogP contribution is -2.11. The quantitative estimate of drug-likeness (QED) is 0.507. The molecule has 1 radical (unpaired) electrons. The van der Waals surface area contributed by atoms with E-state index in [4.69, 9.17) is 23.2 Å². The van der Waals surface area contributed by atoms with Crippen LogP contribution in [0.25, 0.3) is 0 Å². The van der Waals surface area contributed by atoms with Gasteiger partial charge in [0.15, 0.2) is 0 Å². The maximum Gasteiger partial charge on any atom is 0.148 e. The molecule has 1 rings (SSSR count). The van der Waals surface area contributed by atoms with Crippen LogP contribution < -0.4 is 5.46 Å². The first-order valence-electron chi connectivity index (χ1n) is 6.59. The Bertz CT molecular complexity index is 453. The van der Waals surface area contributed by atoms with E-state index >= 15 is 0 Å². The Balaban J connectivity index is 2.81. The Morgan fingerprint density at radius 2 is 1.89 bits per heavy atom. The highest BCUT2D eigenvalue weighted by Crippen LogP contribution is 2.25. The van der Waals surface area contributed by atoms with Gasteiger partial charge in [-0.1, -0.05) is 73.6 Å². The summed E-state index contributed by atoms with van der Waals surface area (Å²) in [6.45, 7) is 10.1. The molecule has 1 aromatic carbocycles. The molecule has 0 saturated heterocycles. The minimum atomic E-state index is 0.500. The molecule has 101 valence electrons. The van der Waals surface area contributed by atoms with E-state index in [1.165, 1.54) is 5.57 Å². The fourth-order valence-electron chi connectivity index (χ4n) is 1.97. The van der Waals surface area contributed by atoms with Crippen molar-refractivity contribution in [2.24, 2.45) is 5.92 Å². The van der Waals surface area contributed by atoms with Crippen LogP contribution in [0.2, 0.25) is 16.9 Å². The van der Waals surface area contributed by atoms with Crippen LogP contribution in [0.15, 0.2) is 36.4 Å². The van der Waals surface area contributed by atoms with Crippen LogP contribution in [-0.2, 0) is 6.42 Å². The molecule has 0 amide bonds. The zero-order chi connectivity index (χ0) is 14.4. The predicted octanol–water partition coefficient (Wildman–Crippen LogP) is 5.07. The lowest BCUT2D eigenvalue weighted by atomic mass is 9.73. The van der Waals surface area contributed by atoms with Crippen molar-refractivity contribution in [3.05, 3.63) is 52.0 Å². The summed E-state index contributed by atoms with van der Waals surface area (Å²) in [5, 5.41) is 1.50. The second kappa shape index (κ2) is 7.82. The molecule has 19 heavy (non-hydrogen) atoms. The minimum absolute atomic E-state index is 0.500. The van der Waals surface area contributed by atoms with Gasteiger partial charge in [0.2, 0.25) is 0 Å². The number of hydrogen-bond donors (Lipinski definition) is 0. The van der Waals surface area contributed by atoms with Crippen molar-refractivity contribution in [2.75, 3.05) is 0 Å². The van der Waals surface area contributed by atoms with Gasteiger partial charge in [0.1, 0.15) is 7.28 Å². The van der Waals surface area contributed by atoms with E-state index in [0.29, 0.717) is 5.92 Å². The normalized spacial score (nSPS) is 11.8. The highest BCUT2D eigenvalue weighted by atomic mass is 35.5. The van der Waals surface area contributed by atoms with Crippen LogP contribution in [0, 0.1) is 5.92 Å². The topological polar surface area (TPSA) is 0 Å². The van der Waals surface area contributed by atoms with E-state index in [9.17, 15) is 0 Å². The SMILES string of the molecule is C=C/C(=C\CCc1c(Cl)cc([B]C)cc1Cl)C(C)C. The van der Waals surface area contributed by atoms with Gasteiger partial charge in [-0.2, -0.15) is 0 Å². The molecule has 0 N–H and O–H groups in total. The van der Waals surface area contributed by atoms with Crippen molar-refractivity contribution in [3.63, 3.8) is 0 Å². The molecule has 0 nitrogen and oxygen atoms in total. The highest BCUT2D eigenvalue weighted by molar-refractivity contribution is 6.53. The molecule has 0 aliphatic rings. The molecule has 0 aliphatic heterocycles. The van der Waals surface area contributed by atoms with Crippen LogP contribution >= 0.6 is 23.2 Å². The molecule has 0 heterocycles. The third kappa shape index (κ3) is 4.74. The van der Waals surface area contributed by atoms with Gasteiger partial charge in [-0.25, -0.2) is 0 Å². The molecule has 0 atom stereocenters. The maximum absolute atomic E-state index is 6.28. The molecule has 3 heteroatoms. The van der Waals surface area contributed by atoms with Crippen molar-refractivity contribution in [3.8, 4) is 0 Å². The number of rotatable bonds is 6. The van der Waals surface area contributed by atoms with Crippen LogP contribution in [0.3, 0.4) is 0 Å². The molecule has 1 aromatic rings. The van der Waals surface area contributed by atoms with Gasteiger partial charge >= 0.3 is 0 Å². The average Bonchev–Trinajstić information content (AvgIpc) is 2.36. The van der Waals surface area contributed by atoms with E-state index in [2.05, 4.69) is 26.5 Å². The zero-order valence-corrected chi connectivity index (χ0v) is 13.4. The van der Waals surface area contributed by atoms with Gasteiger partial charge in [0, 0.05) is 10.0 Å². The lowest BCUT2D eigenvalue weighted by Gasteiger charge is -2.09. The fraction of sp³-hybridized carbons (Fsp3) is 0.375. The molecular weight excluding hydrogens is 274 g/mol. The van der Waals surface area contributed by atoms with E-state index in [0.717, 1.165) is 33.9 Å². The summed E-state index contributed by atoms with van der Waals surface area (Å²) in [6, 6.07) is 3.92. The van der Waals surface area contributed by atoms with E-state index < -0.39 is 0 Å². The minimum Gasteiger partial charge on any atom is -0.0988 e. The van der Waals surface area contributed by atoms with Gasteiger partial charge in [-0.15, -0.1) is 0 Å². The Kier molecular flexibility index (Phi) is 6.75. The Morgan fingerprint density at radius 3 is 2.32 bits per heavy atom. The molecule has 0 spiro atoms. The van der Waals surface area contributed by atoms with Crippen LogP contribution in [-0.4, -0.2) is 7.28 Å². The van der Waals surface area contributed by atoms with Crippen LogP contribution in [0.4, 0.5) is 0 Å². The Morgan fingerprint density at radius 1 is 1.32 bits per heavy atom. The fourth-order valence-corrected chi connectivity index (χ4v) is 2.66. The highest BCUT2D eigenvalue weighted by Gasteiger charge is 2.07. The second-order valence-corrected chi connectivity index (χ2v) is 5.67. The standard InChI is InChI=1S/C16H20BCl2/c1-5-12(11(2)3)7-6-8-14-15(18)9-13(17-4)10-16(14)19/h5,7,9-11H,1,6,8H2,2-4H3/b12-7+. The summed E-state index contributed by atoms with van der Waals surface area (Å²) >= 11 is 12.6. The molecule has 0 fully saturated rings. The van der Waals surface area contributed by atoms with Crippen LogP contribution in [0.1, 0.15) is 25.8 Å². The summed E-state index contributed by atoms with van der Waals surface area (Å²) < 4.78 is 0. The van der Waals surface area contributed by atoms with Crippen molar-refractivity contribution < 1.29 is 0 Å². The van der Waals surface area contributed by atoms with Crippen molar-refractivity contribution in [1.82, 2.24) is 0 Å². The number of halogens is 2. The molecular formula is C16H20BCl2. The Labute approximate surface area is 127 Å². The van der Waals surface area contributed by atoms with Crippen molar-refractivity contribution in [1.29, 1.82) is 0 Å². The molecule has 0 aromatic heterocycles. The summed E-state index contributed by atoms with van der Waals surface area (Å²) in [5.74, 6) is 0.500. The summed E-state index contributed by atoms with van der Waals surface area (Å²) in [6.07, 6.45) is 5.91. The average molecular weight is 294 g/mol.